The average molecular weight is 331 g/mol. The van der Waals surface area contributed by atoms with E-state index in [0.717, 1.165) is 31.2 Å². The number of ketones is 1. The van der Waals surface area contributed by atoms with Gasteiger partial charge in [-0.1, -0.05) is 39.7 Å². The summed E-state index contributed by atoms with van der Waals surface area (Å²) in [6, 6.07) is 13.8. The quantitative estimate of drug-likeness (QED) is 0.590. The zero-order valence-corrected chi connectivity index (χ0v) is 12.7. The number of hydrogen-bond donors (Lipinski definition) is 0. The van der Waals surface area contributed by atoms with Crippen LogP contribution >= 0.6 is 27.3 Å². The summed E-state index contributed by atoms with van der Waals surface area (Å²) in [6.07, 6.45) is 0. The van der Waals surface area contributed by atoms with Gasteiger partial charge in [-0.3, -0.25) is 4.79 Å². The highest BCUT2D eigenvalue weighted by atomic mass is 79.9. The molecule has 3 heteroatoms. The third kappa shape index (κ3) is 2.24. The first-order valence-corrected chi connectivity index (χ1v) is 7.61. The van der Waals surface area contributed by atoms with Gasteiger partial charge in [-0.05, 0) is 42.0 Å². The van der Waals surface area contributed by atoms with E-state index >= 15 is 0 Å². The van der Waals surface area contributed by atoms with Crippen molar-refractivity contribution >= 4 is 43.1 Å². The number of rotatable bonds is 2. The number of hydrogen-bond acceptors (Lipinski definition) is 2. The van der Waals surface area contributed by atoms with Crippen LogP contribution in [0.5, 0.6) is 0 Å². The normalized spacial score (nSPS) is 10.8. The largest absolute Gasteiger partial charge is 0.289 e. The van der Waals surface area contributed by atoms with E-state index in [9.17, 15) is 4.79 Å². The number of thiophene rings is 1. The topological polar surface area (TPSA) is 17.1 Å². The fourth-order valence-electron chi connectivity index (χ4n) is 2.13. The molecule has 0 saturated heterocycles. The van der Waals surface area contributed by atoms with E-state index < -0.39 is 0 Å². The minimum atomic E-state index is 0.0728. The molecule has 94 valence electrons. The molecule has 0 amide bonds. The van der Waals surface area contributed by atoms with Gasteiger partial charge >= 0.3 is 0 Å². The molecule has 3 rings (SSSR count). The Morgan fingerprint density at radius 1 is 1.11 bits per heavy atom. The van der Waals surface area contributed by atoms with Crippen LogP contribution < -0.4 is 0 Å². The zero-order chi connectivity index (χ0) is 13.4. The van der Waals surface area contributed by atoms with Crippen LogP contribution in [0.2, 0.25) is 0 Å². The molecular formula is C16H11BrOS. The summed E-state index contributed by atoms with van der Waals surface area (Å²) in [4.78, 5) is 12.7. The van der Waals surface area contributed by atoms with E-state index in [4.69, 9.17) is 0 Å². The van der Waals surface area contributed by atoms with E-state index in [1.807, 2.05) is 54.8 Å². The van der Waals surface area contributed by atoms with Crippen LogP contribution in [-0.4, -0.2) is 5.78 Å². The lowest BCUT2D eigenvalue weighted by atomic mass is 10.0. The smallest absolute Gasteiger partial charge is 0.195 e. The van der Waals surface area contributed by atoms with Gasteiger partial charge in [0.1, 0.15) is 0 Å². The summed E-state index contributed by atoms with van der Waals surface area (Å²) in [5, 5.41) is 3.15. The molecule has 0 atom stereocenters. The van der Waals surface area contributed by atoms with Crippen molar-refractivity contribution in [3.8, 4) is 0 Å². The molecule has 0 aliphatic carbocycles. The molecule has 19 heavy (non-hydrogen) atoms. The molecule has 0 fully saturated rings. The van der Waals surface area contributed by atoms with Gasteiger partial charge in [-0.25, -0.2) is 0 Å². The van der Waals surface area contributed by atoms with E-state index in [-0.39, 0.29) is 5.78 Å². The third-order valence-electron chi connectivity index (χ3n) is 3.09. The summed E-state index contributed by atoms with van der Waals surface area (Å²) in [7, 11) is 0. The number of halogens is 1. The second-order valence-corrected chi connectivity index (χ2v) is 6.23. The molecule has 2 aromatic carbocycles. The molecule has 3 aromatic rings. The predicted molar refractivity (Wildman–Crippen MR) is 84.1 cm³/mol. The van der Waals surface area contributed by atoms with Gasteiger partial charge in [0, 0.05) is 20.3 Å². The summed E-state index contributed by atoms with van der Waals surface area (Å²) in [6.45, 7) is 1.99. The molecule has 0 radical (unpaired) electrons. The van der Waals surface area contributed by atoms with Gasteiger partial charge in [0.05, 0.1) is 0 Å². The van der Waals surface area contributed by atoms with E-state index in [0.29, 0.717) is 0 Å². The molecular weight excluding hydrogens is 320 g/mol. The SMILES string of the molecule is Cc1ccc(Br)c(C(=O)c2cccc3ccsc23)c1. The van der Waals surface area contributed by atoms with Crippen LogP contribution in [0.15, 0.2) is 52.3 Å². The molecule has 1 heterocycles. The maximum Gasteiger partial charge on any atom is 0.195 e. The van der Waals surface area contributed by atoms with Crippen molar-refractivity contribution in [3.63, 3.8) is 0 Å². The number of benzene rings is 2. The van der Waals surface area contributed by atoms with Gasteiger partial charge < -0.3 is 0 Å². The van der Waals surface area contributed by atoms with Crippen molar-refractivity contribution in [2.75, 3.05) is 0 Å². The van der Waals surface area contributed by atoms with E-state index in [2.05, 4.69) is 15.9 Å². The first kappa shape index (κ1) is 12.6. The average Bonchev–Trinajstić information content (AvgIpc) is 2.89. The Hall–Kier alpha value is -1.45. The highest BCUT2D eigenvalue weighted by Crippen LogP contribution is 2.29. The lowest BCUT2D eigenvalue weighted by Gasteiger charge is -2.06. The first-order chi connectivity index (χ1) is 9.16. The molecule has 0 N–H and O–H groups in total. The molecule has 0 unspecified atom stereocenters. The number of carbonyl (C=O) groups excluding carboxylic acids is 1. The molecule has 0 saturated carbocycles. The third-order valence-corrected chi connectivity index (χ3v) is 4.75. The summed E-state index contributed by atoms with van der Waals surface area (Å²) in [5.74, 6) is 0.0728. The molecule has 0 bridgehead atoms. The van der Waals surface area contributed by atoms with Crippen molar-refractivity contribution < 1.29 is 4.79 Å². The van der Waals surface area contributed by atoms with Crippen molar-refractivity contribution in [1.82, 2.24) is 0 Å². The highest BCUT2D eigenvalue weighted by molar-refractivity contribution is 9.10. The second kappa shape index (κ2) is 4.91. The monoisotopic (exact) mass is 330 g/mol. The fourth-order valence-corrected chi connectivity index (χ4v) is 3.47. The van der Waals surface area contributed by atoms with Crippen LogP contribution in [0.4, 0.5) is 0 Å². The summed E-state index contributed by atoms with van der Waals surface area (Å²) in [5.41, 5.74) is 2.59. The van der Waals surface area contributed by atoms with Crippen molar-refractivity contribution in [2.45, 2.75) is 6.92 Å². The predicted octanol–water partition coefficient (Wildman–Crippen LogP) is 5.20. The lowest BCUT2D eigenvalue weighted by molar-refractivity contribution is 0.103. The van der Waals surface area contributed by atoms with E-state index in [1.54, 1.807) is 11.3 Å². The van der Waals surface area contributed by atoms with E-state index in [1.165, 1.54) is 0 Å². The highest BCUT2D eigenvalue weighted by Gasteiger charge is 2.15. The minimum Gasteiger partial charge on any atom is -0.289 e. The first-order valence-electron chi connectivity index (χ1n) is 5.94. The van der Waals surface area contributed by atoms with Crippen LogP contribution in [0.1, 0.15) is 21.5 Å². The number of carbonyl (C=O) groups is 1. The van der Waals surface area contributed by atoms with Gasteiger partial charge in [0.25, 0.3) is 0 Å². The molecule has 0 aliphatic rings. The van der Waals surface area contributed by atoms with Gasteiger partial charge in [0.2, 0.25) is 0 Å². The standard InChI is InChI=1S/C16H11BrOS/c1-10-5-6-14(17)13(9-10)15(18)12-4-2-3-11-7-8-19-16(11)12/h2-9H,1H3. The number of fused-ring (bicyclic) bond motifs is 1. The Balaban J connectivity index is 2.19. The minimum absolute atomic E-state index is 0.0728. The zero-order valence-electron chi connectivity index (χ0n) is 10.3. The van der Waals surface area contributed by atoms with Crippen LogP contribution in [0.3, 0.4) is 0 Å². The molecule has 1 aromatic heterocycles. The Morgan fingerprint density at radius 2 is 1.95 bits per heavy atom. The number of aryl methyl sites for hydroxylation is 1. The summed E-state index contributed by atoms with van der Waals surface area (Å²) >= 11 is 5.08. The van der Waals surface area contributed by atoms with Crippen molar-refractivity contribution in [2.24, 2.45) is 0 Å². The fraction of sp³-hybridized carbons (Fsp3) is 0.0625. The summed E-state index contributed by atoms with van der Waals surface area (Å²) < 4.78 is 1.90. The Bertz CT molecular complexity index is 773. The maximum atomic E-state index is 12.7. The van der Waals surface area contributed by atoms with Gasteiger partial charge in [0.15, 0.2) is 5.78 Å². The molecule has 0 aliphatic heterocycles. The van der Waals surface area contributed by atoms with Crippen molar-refractivity contribution in [1.29, 1.82) is 0 Å². The van der Waals surface area contributed by atoms with Crippen LogP contribution in [-0.2, 0) is 0 Å². The van der Waals surface area contributed by atoms with Gasteiger partial charge in [-0.15, -0.1) is 11.3 Å². The maximum absolute atomic E-state index is 12.7. The lowest BCUT2D eigenvalue weighted by Crippen LogP contribution is -2.02. The Kier molecular flexibility index (Phi) is 3.25. The van der Waals surface area contributed by atoms with Gasteiger partial charge in [-0.2, -0.15) is 0 Å². The van der Waals surface area contributed by atoms with Crippen LogP contribution in [0, 0.1) is 6.92 Å². The molecule has 0 spiro atoms. The second-order valence-electron chi connectivity index (χ2n) is 4.46. The van der Waals surface area contributed by atoms with Crippen molar-refractivity contribution in [3.05, 3.63) is 69.0 Å². The Morgan fingerprint density at radius 3 is 2.79 bits per heavy atom. The Labute approximate surface area is 124 Å². The molecule has 1 nitrogen and oxygen atoms in total. The van der Waals surface area contributed by atoms with Crippen LogP contribution in [0.25, 0.3) is 10.1 Å².